The van der Waals surface area contributed by atoms with Crippen LogP contribution in [0.5, 0.6) is 0 Å². The number of anilines is 1. The molecule has 16 heavy (non-hydrogen) atoms. The van der Waals surface area contributed by atoms with Crippen LogP contribution in [-0.4, -0.2) is 35.6 Å². The van der Waals surface area contributed by atoms with Gasteiger partial charge in [-0.3, -0.25) is 0 Å². The van der Waals surface area contributed by atoms with Crippen molar-refractivity contribution in [3.63, 3.8) is 0 Å². The highest BCUT2D eigenvalue weighted by molar-refractivity contribution is 8.14. The summed E-state index contributed by atoms with van der Waals surface area (Å²) < 4.78 is 0. The monoisotopic (exact) mass is 234 g/mol. The van der Waals surface area contributed by atoms with Crippen molar-refractivity contribution in [3.8, 4) is 0 Å². The summed E-state index contributed by atoms with van der Waals surface area (Å²) in [7, 11) is 3.94. The maximum atomic E-state index is 5.64. The molecule has 0 fully saturated rings. The van der Waals surface area contributed by atoms with Crippen LogP contribution in [0.15, 0.2) is 34.5 Å². The van der Waals surface area contributed by atoms with E-state index >= 15 is 0 Å². The van der Waals surface area contributed by atoms with Crippen LogP contribution >= 0.6 is 11.8 Å². The molecule has 5 heteroatoms. The van der Waals surface area contributed by atoms with Crippen molar-refractivity contribution < 1.29 is 0 Å². The van der Waals surface area contributed by atoms with E-state index in [0.29, 0.717) is 0 Å². The van der Waals surface area contributed by atoms with Gasteiger partial charge in [0, 0.05) is 25.5 Å². The van der Waals surface area contributed by atoms with Gasteiger partial charge in [-0.2, -0.15) is 5.10 Å². The first-order valence-corrected chi connectivity index (χ1v) is 5.96. The summed E-state index contributed by atoms with van der Waals surface area (Å²) in [5.41, 5.74) is 8.49. The van der Waals surface area contributed by atoms with Crippen molar-refractivity contribution in [2.45, 2.75) is 0 Å². The highest BCUT2D eigenvalue weighted by atomic mass is 32.2. The van der Waals surface area contributed by atoms with E-state index in [0.717, 1.165) is 27.9 Å². The number of amidine groups is 1. The van der Waals surface area contributed by atoms with E-state index in [1.807, 2.05) is 43.3 Å². The van der Waals surface area contributed by atoms with E-state index in [1.54, 1.807) is 11.8 Å². The summed E-state index contributed by atoms with van der Waals surface area (Å²) in [6, 6.07) is 7.72. The topological polar surface area (TPSA) is 54.0 Å². The fraction of sp³-hybridized carbons (Fsp3) is 0.273. The first-order valence-electron chi connectivity index (χ1n) is 4.97. The van der Waals surface area contributed by atoms with Crippen LogP contribution < -0.4 is 5.73 Å². The molecule has 0 bridgehead atoms. The Morgan fingerprint density at radius 1 is 1.19 bits per heavy atom. The first kappa shape index (κ1) is 11.0. The van der Waals surface area contributed by atoms with Crippen molar-refractivity contribution in [1.82, 2.24) is 4.90 Å². The van der Waals surface area contributed by atoms with Crippen LogP contribution in [0.2, 0.25) is 0 Å². The number of hydrogen-bond donors (Lipinski definition) is 1. The molecule has 0 atom stereocenters. The van der Waals surface area contributed by atoms with Crippen molar-refractivity contribution in [2.75, 3.05) is 25.6 Å². The number of nitrogen functional groups attached to an aromatic ring is 1. The van der Waals surface area contributed by atoms with E-state index in [9.17, 15) is 0 Å². The Morgan fingerprint density at radius 2 is 1.88 bits per heavy atom. The zero-order valence-corrected chi connectivity index (χ0v) is 10.2. The lowest BCUT2D eigenvalue weighted by Crippen LogP contribution is -2.23. The Labute approximate surface area is 99.2 Å². The van der Waals surface area contributed by atoms with Crippen LogP contribution in [0.1, 0.15) is 5.56 Å². The first-order chi connectivity index (χ1) is 7.66. The molecule has 2 N–H and O–H groups in total. The van der Waals surface area contributed by atoms with Crippen LogP contribution in [0, 0.1) is 0 Å². The zero-order valence-electron chi connectivity index (χ0n) is 9.34. The minimum Gasteiger partial charge on any atom is -0.399 e. The molecule has 1 heterocycles. The van der Waals surface area contributed by atoms with E-state index in [4.69, 9.17) is 5.73 Å². The van der Waals surface area contributed by atoms with Gasteiger partial charge in [-0.05, 0) is 17.7 Å². The lowest BCUT2D eigenvalue weighted by molar-refractivity contribution is 0.633. The molecule has 0 saturated carbocycles. The second-order valence-corrected chi connectivity index (χ2v) is 4.68. The second kappa shape index (κ2) is 4.57. The number of nitrogens with two attached hydrogens (primary N) is 1. The molecule has 0 radical (unpaired) electrons. The third-order valence-electron chi connectivity index (χ3n) is 2.22. The molecule has 0 unspecified atom stereocenters. The molecule has 1 aromatic rings. The number of nitrogens with zero attached hydrogens (tertiary/aromatic N) is 3. The van der Waals surface area contributed by atoms with Gasteiger partial charge in [0.05, 0.1) is 5.71 Å². The molecule has 84 valence electrons. The summed E-state index contributed by atoms with van der Waals surface area (Å²) >= 11 is 1.69. The largest absolute Gasteiger partial charge is 0.399 e. The Kier molecular flexibility index (Phi) is 3.14. The summed E-state index contributed by atoms with van der Waals surface area (Å²) in [6.45, 7) is 0. The van der Waals surface area contributed by atoms with Gasteiger partial charge < -0.3 is 10.6 Å². The Morgan fingerprint density at radius 3 is 2.38 bits per heavy atom. The molecule has 0 amide bonds. The highest BCUT2D eigenvalue weighted by Crippen LogP contribution is 2.17. The molecule has 1 aliphatic heterocycles. The lowest BCUT2D eigenvalue weighted by atomic mass is 10.1. The number of thioether (sulfide) groups is 1. The van der Waals surface area contributed by atoms with Crippen LogP contribution in [0.25, 0.3) is 0 Å². The third-order valence-corrected chi connectivity index (χ3v) is 3.34. The smallest absolute Gasteiger partial charge is 0.185 e. The normalized spacial score (nSPS) is 15.4. The molecule has 1 aliphatic rings. The predicted octanol–water partition coefficient (Wildman–Crippen LogP) is 1.64. The summed E-state index contributed by atoms with van der Waals surface area (Å²) in [6.07, 6.45) is 0. The molecule has 0 saturated heterocycles. The number of hydrogen-bond acceptors (Lipinski definition) is 5. The van der Waals surface area contributed by atoms with Gasteiger partial charge in [0.25, 0.3) is 0 Å². The molecule has 0 aliphatic carbocycles. The molecule has 2 rings (SSSR count). The van der Waals surface area contributed by atoms with Crippen molar-refractivity contribution in [3.05, 3.63) is 29.8 Å². The van der Waals surface area contributed by atoms with Crippen molar-refractivity contribution in [2.24, 2.45) is 10.2 Å². The number of rotatable bonds is 1. The standard InChI is InChI=1S/C11H14N4S/c1-15(2)11-14-13-10(7-16-11)8-3-5-9(12)6-4-8/h3-6H,7,12H2,1-2H3. The second-order valence-electron chi connectivity index (χ2n) is 3.73. The summed E-state index contributed by atoms with van der Waals surface area (Å²) in [4.78, 5) is 1.97. The van der Waals surface area contributed by atoms with Crippen LogP contribution in [-0.2, 0) is 0 Å². The molecule has 4 nitrogen and oxygen atoms in total. The minimum atomic E-state index is 0.769. The van der Waals surface area contributed by atoms with E-state index in [2.05, 4.69) is 10.2 Å². The minimum absolute atomic E-state index is 0.769. The zero-order chi connectivity index (χ0) is 11.5. The van der Waals surface area contributed by atoms with Gasteiger partial charge in [0.15, 0.2) is 5.17 Å². The maximum Gasteiger partial charge on any atom is 0.185 e. The fourth-order valence-electron chi connectivity index (χ4n) is 1.33. The van der Waals surface area contributed by atoms with Gasteiger partial charge in [0.1, 0.15) is 0 Å². The molecule has 0 spiro atoms. The van der Waals surface area contributed by atoms with E-state index in [1.165, 1.54) is 0 Å². The van der Waals surface area contributed by atoms with Gasteiger partial charge in [-0.1, -0.05) is 23.9 Å². The fourth-order valence-corrected chi connectivity index (χ4v) is 2.18. The SMILES string of the molecule is CN(C)C1=NN=C(c2ccc(N)cc2)CS1. The predicted molar refractivity (Wildman–Crippen MR) is 71.0 cm³/mol. The lowest BCUT2D eigenvalue weighted by Gasteiger charge is -2.17. The Balaban J connectivity index is 2.21. The Hall–Kier alpha value is -1.49. The third kappa shape index (κ3) is 2.36. The van der Waals surface area contributed by atoms with Crippen LogP contribution in [0.3, 0.4) is 0 Å². The van der Waals surface area contributed by atoms with Crippen molar-refractivity contribution in [1.29, 1.82) is 0 Å². The maximum absolute atomic E-state index is 5.64. The van der Waals surface area contributed by atoms with Gasteiger partial charge in [-0.15, -0.1) is 5.10 Å². The van der Waals surface area contributed by atoms with Gasteiger partial charge in [-0.25, -0.2) is 0 Å². The molecular weight excluding hydrogens is 220 g/mol. The highest BCUT2D eigenvalue weighted by Gasteiger charge is 2.13. The molecule has 0 aromatic heterocycles. The quantitative estimate of drug-likeness (QED) is 0.751. The van der Waals surface area contributed by atoms with E-state index in [-0.39, 0.29) is 0 Å². The van der Waals surface area contributed by atoms with E-state index < -0.39 is 0 Å². The van der Waals surface area contributed by atoms with Gasteiger partial charge in [0.2, 0.25) is 0 Å². The van der Waals surface area contributed by atoms with Crippen LogP contribution in [0.4, 0.5) is 5.69 Å². The average Bonchev–Trinajstić information content (AvgIpc) is 2.30. The summed E-state index contributed by atoms with van der Waals surface area (Å²) in [5, 5.41) is 9.35. The average molecular weight is 234 g/mol. The van der Waals surface area contributed by atoms with Crippen molar-refractivity contribution >= 4 is 28.3 Å². The Bertz CT molecular complexity index is 434. The molecule has 1 aromatic carbocycles. The van der Waals surface area contributed by atoms with Gasteiger partial charge >= 0.3 is 0 Å². The number of benzene rings is 1. The summed E-state index contributed by atoms with van der Waals surface area (Å²) in [5.74, 6) is 0.848. The molecular formula is C11H14N4S.